The number of halogens is 1. The van der Waals surface area contributed by atoms with Gasteiger partial charge in [0.1, 0.15) is 17.0 Å². The molecule has 1 amide bonds. The van der Waals surface area contributed by atoms with Gasteiger partial charge in [0.05, 0.1) is 23.4 Å². The number of hydrogen-bond donors (Lipinski definition) is 0. The standard InChI is InChI=1S/C22H18ClN3O3S/c1-28-16-7-9-17(10-8-16)29-14-20(27)26(13-15-4-3-11-24-12-15)22-25-21-18(23)5-2-6-19(21)30-22/h2-12H,13-14H2,1H3. The molecule has 4 rings (SSSR count). The molecule has 0 saturated carbocycles. The van der Waals surface area contributed by atoms with Gasteiger partial charge in [-0.3, -0.25) is 14.7 Å². The van der Waals surface area contributed by atoms with Gasteiger partial charge >= 0.3 is 0 Å². The average molecular weight is 440 g/mol. The van der Waals surface area contributed by atoms with Gasteiger partial charge in [0.25, 0.3) is 5.91 Å². The number of fused-ring (bicyclic) bond motifs is 1. The smallest absolute Gasteiger partial charge is 0.267 e. The molecule has 0 fully saturated rings. The summed E-state index contributed by atoms with van der Waals surface area (Å²) in [5.74, 6) is 1.08. The number of benzene rings is 2. The van der Waals surface area contributed by atoms with Crippen molar-refractivity contribution in [3.8, 4) is 11.5 Å². The molecule has 152 valence electrons. The number of carbonyl (C=O) groups excluding carboxylic acids is 1. The molecule has 30 heavy (non-hydrogen) atoms. The largest absolute Gasteiger partial charge is 0.497 e. The van der Waals surface area contributed by atoms with Gasteiger partial charge in [-0.2, -0.15) is 0 Å². The molecule has 2 heterocycles. The van der Waals surface area contributed by atoms with Crippen LogP contribution in [0.5, 0.6) is 11.5 Å². The van der Waals surface area contributed by atoms with Gasteiger partial charge in [-0.05, 0) is 48.0 Å². The van der Waals surface area contributed by atoms with Gasteiger partial charge in [-0.1, -0.05) is 35.1 Å². The van der Waals surface area contributed by atoms with Crippen LogP contribution in [0.3, 0.4) is 0 Å². The Morgan fingerprint density at radius 1 is 1.10 bits per heavy atom. The highest BCUT2D eigenvalue weighted by Crippen LogP contribution is 2.33. The number of nitrogens with zero attached hydrogens (tertiary/aromatic N) is 3. The third kappa shape index (κ3) is 4.53. The topological polar surface area (TPSA) is 64.6 Å². The number of ether oxygens (including phenoxy) is 2. The maximum atomic E-state index is 13.1. The third-order valence-corrected chi connectivity index (χ3v) is 5.72. The van der Waals surface area contributed by atoms with E-state index in [1.807, 2.05) is 24.3 Å². The van der Waals surface area contributed by atoms with E-state index < -0.39 is 0 Å². The van der Waals surface area contributed by atoms with Crippen LogP contribution in [0.15, 0.2) is 67.0 Å². The highest BCUT2D eigenvalue weighted by molar-refractivity contribution is 7.22. The van der Waals surface area contributed by atoms with E-state index in [0.29, 0.717) is 28.0 Å². The number of aromatic nitrogens is 2. The first-order chi connectivity index (χ1) is 14.6. The van der Waals surface area contributed by atoms with Gasteiger partial charge in [0, 0.05) is 12.4 Å². The van der Waals surface area contributed by atoms with Crippen LogP contribution >= 0.6 is 22.9 Å². The number of hydrogen-bond acceptors (Lipinski definition) is 6. The van der Waals surface area contributed by atoms with Crippen molar-refractivity contribution in [2.75, 3.05) is 18.6 Å². The summed E-state index contributed by atoms with van der Waals surface area (Å²) in [7, 11) is 1.60. The predicted octanol–water partition coefficient (Wildman–Crippen LogP) is 4.97. The van der Waals surface area contributed by atoms with Gasteiger partial charge in [0.2, 0.25) is 0 Å². The van der Waals surface area contributed by atoms with E-state index in [2.05, 4.69) is 9.97 Å². The highest BCUT2D eigenvalue weighted by Gasteiger charge is 2.21. The summed E-state index contributed by atoms with van der Waals surface area (Å²) in [4.78, 5) is 23.4. The number of thiazole rings is 1. The van der Waals surface area contributed by atoms with Crippen LogP contribution in [-0.2, 0) is 11.3 Å². The molecule has 0 aliphatic carbocycles. The molecule has 0 aliphatic rings. The lowest BCUT2D eigenvalue weighted by Gasteiger charge is -2.20. The Morgan fingerprint density at radius 2 is 1.90 bits per heavy atom. The highest BCUT2D eigenvalue weighted by atomic mass is 35.5. The SMILES string of the molecule is COc1ccc(OCC(=O)N(Cc2cccnc2)c2nc3c(Cl)cccc3s2)cc1. The van der Waals surface area contributed by atoms with Crippen molar-refractivity contribution >= 4 is 44.2 Å². The normalized spacial score (nSPS) is 10.7. The van der Waals surface area contributed by atoms with E-state index in [4.69, 9.17) is 21.1 Å². The maximum Gasteiger partial charge on any atom is 0.267 e. The summed E-state index contributed by atoms with van der Waals surface area (Å²) in [5.41, 5.74) is 1.57. The fourth-order valence-electron chi connectivity index (χ4n) is 2.85. The van der Waals surface area contributed by atoms with Gasteiger partial charge in [-0.25, -0.2) is 4.98 Å². The summed E-state index contributed by atoms with van der Waals surface area (Å²) in [6.45, 7) is 0.201. The lowest BCUT2D eigenvalue weighted by molar-refractivity contribution is -0.120. The molecule has 0 unspecified atom stereocenters. The second kappa shape index (κ2) is 9.11. The molecule has 0 bridgehead atoms. The van der Waals surface area contributed by atoms with E-state index >= 15 is 0 Å². The molecule has 0 aliphatic heterocycles. The zero-order valence-corrected chi connectivity index (χ0v) is 17.7. The Labute approximate surface area is 182 Å². The van der Waals surface area contributed by atoms with E-state index in [1.54, 1.807) is 54.7 Å². The molecule has 0 spiro atoms. The molecule has 2 aromatic carbocycles. The average Bonchev–Trinajstić information content (AvgIpc) is 3.22. The number of pyridine rings is 1. The summed E-state index contributed by atoms with van der Waals surface area (Å²) in [6.07, 6.45) is 3.42. The molecular formula is C22H18ClN3O3S. The van der Waals surface area contributed by atoms with Crippen LogP contribution in [0.25, 0.3) is 10.2 Å². The fraction of sp³-hybridized carbons (Fsp3) is 0.136. The van der Waals surface area contributed by atoms with Gasteiger partial charge in [-0.15, -0.1) is 0 Å². The Balaban J connectivity index is 1.58. The summed E-state index contributed by atoms with van der Waals surface area (Å²) >= 11 is 7.69. The number of carbonyl (C=O) groups is 1. The van der Waals surface area contributed by atoms with Crippen molar-refractivity contribution < 1.29 is 14.3 Å². The Bertz CT molecular complexity index is 1150. The van der Waals surface area contributed by atoms with Crippen molar-refractivity contribution in [2.24, 2.45) is 0 Å². The third-order valence-electron chi connectivity index (χ3n) is 4.38. The first kappa shape index (κ1) is 20.1. The Hall–Kier alpha value is -3.16. The quantitative estimate of drug-likeness (QED) is 0.407. The van der Waals surface area contributed by atoms with Crippen molar-refractivity contribution in [3.63, 3.8) is 0 Å². The number of anilines is 1. The molecule has 6 nitrogen and oxygen atoms in total. The monoisotopic (exact) mass is 439 g/mol. The summed E-state index contributed by atoms with van der Waals surface area (Å²) in [6, 6.07) is 16.4. The van der Waals surface area contributed by atoms with Crippen LogP contribution in [0, 0.1) is 0 Å². The number of amides is 1. The molecule has 8 heteroatoms. The minimum absolute atomic E-state index is 0.129. The van der Waals surface area contributed by atoms with Crippen LogP contribution in [0.2, 0.25) is 5.02 Å². The molecule has 2 aromatic heterocycles. The first-order valence-electron chi connectivity index (χ1n) is 9.15. The lowest BCUT2D eigenvalue weighted by Crippen LogP contribution is -2.34. The molecule has 0 N–H and O–H groups in total. The number of rotatable bonds is 7. The van der Waals surface area contributed by atoms with E-state index in [0.717, 1.165) is 16.0 Å². The van der Waals surface area contributed by atoms with Crippen LogP contribution in [-0.4, -0.2) is 29.6 Å². The second-order valence-corrected chi connectivity index (χ2v) is 7.80. The lowest BCUT2D eigenvalue weighted by atomic mass is 10.2. The molecular weight excluding hydrogens is 422 g/mol. The summed E-state index contributed by atoms with van der Waals surface area (Å²) < 4.78 is 11.7. The maximum absolute atomic E-state index is 13.1. The predicted molar refractivity (Wildman–Crippen MR) is 119 cm³/mol. The van der Waals surface area contributed by atoms with Crippen LogP contribution < -0.4 is 14.4 Å². The molecule has 0 saturated heterocycles. The van der Waals surface area contributed by atoms with Crippen molar-refractivity contribution in [1.82, 2.24) is 9.97 Å². The minimum atomic E-state index is -0.218. The fourth-order valence-corrected chi connectivity index (χ4v) is 4.13. The zero-order chi connectivity index (χ0) is 20.9. The van der Waals surface area contributed by atoms with Gasteiger partial charge in [0.15, 0.2) is 11.7 Å². The summed E-state index contributed by atoms with van der Waals surface area (Å²) in [5, 5.41) is 1.11. The van der Waals surface area contributed by atoms with Crippen LogP contribution in [0.4, 0.5) is 5.13 Å². The van der Waals surface area contributed by atoms with Crippen molar-refractivity contribution in [3.05, 3.63) is 77.6 Å². The second-order valence-electron chi connectivity index (χ2n) is 6.39. The first-order valence-corrected chi connectivity index (χ1v) is 10.3. The Kier molecular flexibility index (Phi) is 6.11. The Morgan fingerprint density at radius 3 is 2.60 bits per heavy atom. The van der Waals surface area contributed by atoms with E-state index in [1.165, 1.54) is 11.3 Å². The van der Waals surface area contributed by atoms with Gasteiger partial charge < -0.3 is 9.47 Å². The molecule has 0 atom stereocenters. The van der Waals surface area contributed by atoms with Crippen molar-refractivity contribution in [2.45, 2.75) is 6.54 Å². The minimum Gasteiger partial charge on any atom is -0.497 e. The van der Waals surface area contributed by atoms with E-state index in [-0.39, 0.29) is 12.5 Å². The molecule has 4 aromatic rings. The molecule has 0 radical (unpaired) electrons. The van der Waals surface area contributed by atoms with E-state index in [9.17, 15) is 4.79 Å². The number of para-hydroxylation sites is 1. The van der Waals surface area contributed by atoms with Crippen LogP contribution in [0.1, 0.15) is 5.56 Å². The van der Waals surface area contributed by atoms with Crippen molar-refractivity contribution in [1.29, 1.82) is 0 Å². The zero-order valence-electron chi connectivity index (χ0n) is 16.1. The number of methoxy groups -OCH3 is 1.